The largest absolute Gasteiger partial charge is 0.493 e. The highest BCUT2D eigenvalue weighted by Crippen LogP contribution is 2.29. The number of nitriles is 1. The molecule has 1 amide bonds. The molecule has 0 saturated carbocycles. The summed E-state index contributed by atoms with van der Waals surface area (Å²) in [6.07, 6.45) is 5.78. The zero-order chi connectivity index (χ0) is 21.3. The van der Waals surface area contributed by atoms with E-state index in [-0.39, 0.29) is 5.57 Å². The number of benzene rings is 2. The number of hydrogen-bond acceptors (Lipinski definition) is 4. The molecule has 0 saturated heterocycles. The van der Waals surface area contributed by atoms with Gasteiger partial charge in [0.2, 0.25) is 0 Å². The fraction of sp³-hybridized carbons (Fsp3) is 0.167. The zero-order valence-corrected chi connectivity index (χ0v) is 16.8. The van der Waals surface area contributed by atoms with Crippen molar-refractivity contribution in [1.82, 2.24) is 10.3 Å². The lowest BCUT2D eigenvalue weighted by atomic mass is 10.1. The second kappa shape index (κ2) is 9.99. The molecular formula is C24H23N3O3. The van der Waals surface area contributed by atoms with Gasteiger partial charge in [0.05, 0.1) is 7.11 Å². The fourth-order valence-electron chi connectivity index (χ4n) is 3.10. The van der Waals surface area contributed by atoms with Crippen molar-refractivity contribution in [1.29, 1.82) is 5.26 Å². The summed E-state index contributed by atoms with van der Waals surface area (Å²) in [7, 11) is 1.53. The van der Waals surface area contributed by atoms with Gasteiger partial charge in [-0.25, -0.2) is 0 Å². The minimum atomic E-state index is -0.414. The Morgan fingerprint density at radius 3 is 2.87 bits per heavy atom. The van der Waals surface area contributed by atoms with Crippen molar-refractivity contribution in [3.05, 3.63) is 78.0 Å². The number of ether oxygens (including phenoxy) is 2. The number of para-hydroxylation sites is 1. The Hall–Kier alpha value is -3.98. The molecule has 0 aliphatic carbocycles. The number of aromatic amines is 1. The van der Waals surface area contributed by atoms with E-state index in [0.717, 1.165) is 16.5 Å². The molecule has 2 N–H and O–H groups in total. The van der Waals surface area contributed by atoms with Gasteiger partial charge in [-0.15, -0.1) is 0 Å². The van der Waals surface area contributed by atoms with Crippen molar-refractivity contribution < 1.29 is 14.3 Å². The molecule has 0 spiro atoms. The SMILES string of the molecule is C=CCOc1ccc(C=C(C#N)C(=O)NCCc2c[nH]c3ccccc23)cc1OC. The van der Waals surface area contributed by atoms with E-state index in [0.29, 0.717) is 36.6 Å². The van der Waals surface area contributed by atoms with E-state index in [1.807, 2.05) is 36.5 Å². The Morgan fingerprint density at radius 1 is 1.27 bits per heavy atom. The first-order valence-corrected chi connectivity index (χ1v) is 9.53. The highest BCUT2D eigenvalue weighted by atomic mass is 16.5. The summed E-state index contributed by atoms with van der Waals surface area (Å²) in [4.78, 5) is 15.7. The predicted molar refractivity (Wildman–Crippen MR) is 117 cm³/mol. The second-order valence-electron chi connectivity index (χ2n) is 6.55. The summed E-state index contributed by atoms with van der Waals surface area (Å²) in [5.74, 6) is 0.669. The van der Waals surface area contributed by atoms with Gasteiger partial charge in [-0.1, -0.05) is 36.9 Å². The van der Waals surface area contributed by atoms with E-state index in [9.17, 15) is 10.1 Å². The Balaban J connectivity index is 1.66. The number of methoxy groups -OCH3 is 1. The molecule has 30 heavy (non-hydrogen) atoms. The van der Waals surface area contributed by atoms with Crippen LogP contribution in [0.5, 0.6) is 11.5 Å². The molecule has 0 radical (unpaired) electrons. The molecule has 0 aliphatic rings. The van der Waals surface area contributed by atoms with Crippen molar-refractivity contribution in [2.24, 2.45) is 0 Å². The first-order chi connectivity index (χ1) is 14.7. The Morgan fingerprint density at radius 2 is 2.10 bits per heavy atom. The number of fused-ring (bicyclic) bond motifs is 1. The molecule has 0 unspecified atom stereocenters. The van der Waals surface area contributed by atoms with Crippen LogP contribution in [0.2, 0.25) is 0 Å². The Labute approximate surface area is 175 Å². The van der Waals surface area contributed by atoms with Gasteiger partial charge in [0.25, 0.3) is 5.91 Å². The van der Waals surface area contributed by atoms with Gasteiger partial charge in [-0.05, 0) is 41.8 Å². The van der Waals surface area contributed by atoms with Crippen LogP contribution in [0.3, 0.4) is 0 Å². The van der Waals surface area contributed by atoms with Gasteiger partial charge in [-0.3, -0.25) is 4.79 Å². The standard InChI is InChI=1S/C24H23N3O3/c1-3-12-30-22-9-8-17(14-23(22)29-2)13-19(15-25)24(28)26-11-10-18-16-27-21-7-5-4-6-20(18)21/h3-9,13-14,16,27H,1,10-12H2,2H3,(H,26,28). The fourth-order valence-corrected chi connectivity index (χ4v) is 3.10. The number of rotatable bonds is 9. The predicted octanol–water partition coefficient (Wildman–Crippen LogP) is 4.01. The summed E-state index contributed by atoms with van der Waals surface area (Å²) >= 11 is 0. The Kier molecular flexibility index (Phi) is 6.91. The van der Waals surface area contributed by atoms with Gasteiger partial charge in [-0.2, -0.15) is 5.26 Å². The maximum atomic E-state index is 12.5. The van der Waals surface area contributed by atoms with E-state index in [1.54, 1.807) is 24.3 Å². The minimum Gasteiger partial charge on any atom is -0.493 e. The van der Waals surface area contributed by atoms with Gasteiger partial charge in [0.1, 0.15) is 18.2 Å². The number of carbonyl (C=O) groups excluding carboxylic acids is 1. The number of amides is 1. The van der Waals surface area contributed by atoms with Crippen LogP contribution in [-0.4, -0.2) is 31.2 Å². The summed E-state index contributed by atoms with van der Waals surface area (Å²) < 4.78 is 10.8. The summed E-state index contributed by atoms with van der Waals surface area (Å²) in [5.41, 5.74) is 2.87. The van der Waals surface area contributed by atoms with E-state index >= 15 is 0 Å². The molecule has 3 rings (SSSR count). The van der Waals surface area contributed by atoms with E-state index in [2.05, 4.69) is 16.9 Å². The highest BCUT2D eigenvalue weighted by molar-refractivity contribution is 6.01. The lowest BCUT2D eigenvalue weighted by Gasteiger charge is -2.10. The molecule has 0 aliphatic heterocycles. The number of aromatic nitrogens is 1. The second-order valence-corrected chi connectivity index (χ2v) is 6.55. The molecule has 0 bridgehead atoms. The van der Waals surface area contributed by atoms with Gasteiger partial charge in [0, 0.05) is 23.6 Å². The summed E-state index contributed by atoms with van der Waals surface area (Å²) in [6.45, 7) is 4.40. The number of H-pyrrole nitrogens is 1. The highest BCUT2D eigenvalue weighted by Gasteiger charge is 2.11. The van der Waals surface area contributed by atoms with Crippen LogP contribution in [-0.2, 0) is 11.2 Å². The number of nitrogens with one attached hydrogen (secondary N) is 2. The first kappa shape index (κ1) is 20.7. The summed E-state index contributed by atoms with van der Waals surface area (Å²) in [5, 5.41) is 13.4. The quantitative estimate of drug-likeness (QED) is 0.322. The normalized spacial score (nSPS) is 11.0. The molecule has 6 heteroatoms. The van der Waals surface area contributed by atoms with E-state index in [4.69, 9.17) is 9.47 Å². The molecule has 6 nitrogen and oxygen atoms in total. The zero-order valence-electron chi connectivity index (χ0n) is 16.8. The third-order valence-corrected chi connectivity index (χ3v) is 4.58. The lowest BCUT2D eigenvalue weighted by Crippen LogP contribution is -2.26. The smallest absolute Gasteiger partial charge is 0.261 e. The van der Waals surface area contributed by atoms with E-state index < -0.39 is 5.91 Å². The summed E-state index contributed by atoms with van der Waals surface area (Å²) in [6, 6.07) is 15.2. The van der Waals surface area contributed by atoms with Crippen LogP contribution >= 0.6 is 0 Å². The molecule has 2 aromatic carbocycles. The Bertz CT molecular complexity index is 1120. The number of nitrogens with zero attached hydrogens (tertiary/aromatic N) is 1. The van der Waals surface area contributed by atoms with Gasteiger partial charge >= 0.3 is 0 Å². The van der Waals surface area contributed by atoms with Crippen LogP contribution in [0.4, 0.5) is 0 Å². The maximum absolute atomic E-state index is 12.5. The maximum Gasteiger partial charge on any atom is 0.261 e. The number of hydrogen-bond donors (Lipinski definition) is 2. The first-order valence-electron chi connectivity index (χ1n) is 9.53. The van der Waals surface area contributed by atoms with Crippen LogP contribution in [0, 0.1) is 11.3 Å². The van der Waals surface area contributed by atoms with Crippen molar-refractivity contribution in [3.63, 3.8) is 0 Å². The third-order valence-electron chi connectivity index (χ3n) is 4.58. The van der Waals surface area contributed by atoms with Crippen molar-refractivity contribution >= 4 is 22.9 Å². The van der Waals surface area contributed by atoms with Gasteiger partial charge < -0.3 is 19.8 Å². The molecule has 0 fully saturated rings. The van der Waals surface area contributed by atoms with Crippen LogP contribution in [0.25, 0.3) is 17.0 Å². The number of carbonyl (C=O) groups is 1. The molecule has 0 atom stereocenters. The molecule has 1 aromatic heterocycles. The molecule has 3 aromatic rings. The van der Waals surface area contributed by atoms with Crippen LogP contribution in [0.15, 0.2) is 66.9 Å². The van der Waals surface area contributed by atoms with Crippen LogP contribution < -0.4 is 14.8 Å². The van der Waals surface area contributed by atoms with Crippen molar-refractivity contribution in [2.75, 3.05) is 20.3 Å². The minimum absolute atomic E-state index is 0.0238. The molecule has 152 valence electrons. The average molecular weight is 401 g/mol. The average Bonchev–Trinajstić information content (AvgIpc) is 3.19. The van der Waals surface area contributed by atoms with Crippen LogP contribution in [0.1, 0.15) is 11.1 Å². The van der Waals surface area contributed by atoms with Crippen molar-refractivity contribution in [2.45, 2.75) is 6.42 Å². The third kappa shape index (κ3) is 4.89. The lowest BCUT2D eigenvalue weighted by molar-refractivity contribution is -0.117. The molecular weight excluding hydrogens is 378 g/mol. The monoisotopic (exact) mass is 401 g/mol. The topological polar surface area (TPSA) is 87.1 Å². The van der Waals surface area contributed by atoms with E-state index in [1.165, 1.54) is 13.2 Å². The molecule has 1 heterocycles. The van der Waals surface area contributed by atoms with Gasteiger partial charge in [0.15, 0.2) is 11.5 Å². The van der Waals surface area contributed by atoms with Crippen molar-refractivity contribution in [3.8, 4) is 17.6 Å².